The molecule has 1 aliphatic heterocycles. The molecule has 1 heterocycles. The molecule has 0 spiro atoms. The Morgan fingerprint density at radius 3 is 2.36 bits per heavy atom. The lowest BCUT2D eigenvalue weighted by Gasteiger charge is -2.26. The summed E-state index contributed by atoms with van der Waals surface area (Å²) in [6.45, 7) is 7.11. The molecule has 5 heteroatoms. The van der Waals surface area contributed by atoms with Crippen molar-refractivity contribution in [3.8, 4) is 0 Å². The Hall–Kier alpha value is -1.88. The fraction of sp³-hybridized carbons (Fsp3) is 0.529. The third kappa shape index (κ3) is 2.99. The number of nitrogens with zero attached hydrogens (tertiary/aromatic N) is 1. The van der Waals surface area contributed by atoms with E-state index in [-0.39, 0.29) is 5.92 Å². The molecule has 1 aromatic carbocycles. The second-order valence-corrected chi connectivity index (χ2v) is 6.19. The predicted octanol–water partition coefficient (Wildman–Crippen LogP) is 2.75. The van der Waals surface area contributed by atoms with Gasteiger partial charge in [-0.3, -0.25) is 4.79 Å². The van der Waals surface area contributed by atoms with Crippen molar-refractivity contribution in [1.82, 2.24) is 4.90 Å². The van der Waals surface area contributed by atoms with Crippen LogP contribution in [0.15, 0.2) is 30.3 Å². The molecule has 1 aromatic rings. The number of benzene rings is 1. The van der Waals surface area contributed by atoms with E-state index in [1.807, 2.05) is 44.2 Å². The summed E-state index contributed by atoms with van der Waals surface area (Å²) < 4.78 is 5.37. The maximum atomic E-state index is 12.6. The van der Waals surface area contributed by atoms with Gasteiger partial charge in [0, 0.05) is 0 Å². The summed E-state index contributed by atoms with van der Waals surface area (Å²) in [6, 6.07) is 8.96. The summed E-state index contributed by atoms with van der Waals surface area (Å²) in [5.41, 5.74) is 0.857. The topological polar surface area (TPSA) is 66.8 Å². The third-order valence-corrected chi connectivity index (χ3v) is 4.22. The predicted molar refractivity (Wildman–Crippen MR) is 82.0 cm³/mol. The Morgan fingerprint density at radius 1 is 1.23 bits per heavy atom. The van der Waals surface area contributed by atoms with Crippen molar-refractivity contribution in [2.24, 2.45) is 11.8 Å². The number of amides is 2. The molecule has 0 aliphatic carbocycles. The van der Waals surface area contributed by atoms with Gasteiger partial charge in [-0.25, -0.2) is 9.69 Å². The summed E-state index contributed by atoms with van der Waals surface area (Å²) in [5, 5.41) is 10.1. The van der Waals surface area contributed by atoms with E-state index < -0.39 is 36.2 Å². The van der Waals surface area contributed by atoms with Crippen LogP contribution in [-0.2, 0) is 9.53 Å². The molecule has 0 aromatic heterocycles. The van der Waals surface area contributed by atoms with Gasteiger partial charge < -0.3 is 9.84 Å². The Morgan fingerprint density at radius 2 is 1.82 bits per heavy atom. The van der Waals surface area contributed by atoms with Gasteiger partial charge in [-0.2, -0.15) is 0 Å². The molecule has 0 unspecified atom stereocenters. The Labute approximate surface area is 130 Å². The first-order valence-electron chi connectivity index (χ1n) is 7.61. The summed E-state index contributed by atoms with van der Waals surface area (Å²) >= 11 is 0. The van der Waals surface area contributed by atoms with Gasteiger partial charge in [0.15, 0.2) is 0 Å². The largest absolute Gasteiger partial charge is 0.439 e. The minimum Gasteiger partial charge on any atom is -0.439 e. The van der Waals surface area contributed by atoms with Crippen LogP contribution in [0.3, 0.4) is 0 Å². The second-order valence-electron chi connectivity index (χ2n) is 6.19. The van der Waals surface area contributed by atoms with Gasteiger partial charge in [0.05, 0.1) is 18.1 Å². The first kappa shape index (κ1) is 16.5. The van der Waals surface area contributed by atoms with Crippen LogP contribution >= 0.6 is 0 Å². The average molecular weight is 305 g/mol. The van der Waals surface area contributed by atoms with Crippen molar-refractivity contribution in [1.29, 1.82) is 0 Å². The lowest BCUT2D eigenvalue weighted by molar-refractivity contribution is -0.137. The SMILES string of the molecule is CC(C)[C@H](O)[C@@H](C)C(=O)N1C(=O)O[C@@H](c2ccccc2)[C@H]1C. The summed E-state index contributed by atoms with van der Waals surface area (Å²) in [4.78, 5) is 25.8. The van der Waals surface area contributed by atoms with Gasteiger partial charge in [-0.05, 0) is 18.4 Å². The van der Waals surface area contributed by atoms with E-state index in [4.69, 9.17) is 4.74 Å². The van der Waals surface area contributed by atoms with E-state index in [1.165, 1.54) is 0 Å². The lowest BCUT2D eigenvalue weighted by Crippen LogP contribution is -2.45. The van der Waals surface area contributed by atoms with Crippen molar-refractivity contribution in [2.45, 2.75) is 45.9 Å². The van der Waals surface area contributed by atoms with Gasteiger partial charge in [0.25, 0.3) is 0 Å². The van der Waals surface area contributed by atoms with Crippen LogP contribution in [0.1, 0.15) is 39.4 Å². The molecule has 1 N–H and O–H groups in total. The van der Waals surface area contributed by atoms with E-state index in [1.54, 1.807) is 13.8 Å². The number of aliphatic hydroxyl groups excluding tert-OH is 1. The number of imide groups is 1. The van der Waals surface area contributed by atoms with Gasteiger partial charge >= 0.3 is 6.09 Å². The Balaban J connectivity index is 2.19. The molecule has 22 heavy (non-hydrogen) atoms. The Kier molecular flexibility index (Phi) is 4.86. The number of hydrogen-bond acceptors (Lipinski definition) is 4. The summed E-state index contributed by atoms with van der Waals surface area (Å²) in [7, 11) is 0. The van der Waals surface area contributed by atoms with Gasteiger partial charge in [0.2, 0.25) is 5.91 Å². The smallest absolute Gasteiger partial charge is 0.417 e. The monoisotopic (exact) mass is 305 g/mol. The van der Waals surface area contributed by atoms with Gasteiger partial charge in [0.1, 0.15) is 6.10 Å². The number of cyclic esters (lactones) is 1. The maximum Gasteiger partial charge on any atom is 0.417 e. The molecule has 0 radical (unpaired) electrons. The third-order valence-electron chi connectivity index (χ3n) is 4.22. The quantitative estimate of drug-likeness (QED) is 0.929. The van der Waals surface area contributed by atoms with E-state index in [0.29, 0.717) is 0 Å². The lowest BCUT2D eigenvalue weighted by atomic mass is 9.93. The number of carbonyl (C=O) groups is 2. The first-order valence-corrected chi connectivity index (χ1v) is 7.61. The number of aliphatic hydroxyl groups is 1. The molecular weight excluding hydrogens is 282 g/mol. The zero-order valence-electron chi connectivity index (χ0n) is 13.4. The maximum absolute atomic E-state index is 12.6. The van der Waals surface area contributed by atoms with Crippen LogP contribution in [0.2, 0.25) is 0 Å². The van der Waals surface area contributed by atoms with Crippen molar-refractivity contribution in [3.63, 3.8) is 0 Å². The highest BCUT2D eigenvalue weighted by Gasteiger charge is 2.45. The first-order chi connectivity index (χ1) is 10.3. The number of hydrogen-bond donors (Lipinski definition) is 1. The molecule has 1 saturated heterocycles. The van der Waals surface area contributed by atoms with Gasteiger partial charge in [-0.1, -0.05) is 51.1 Å². The highest BCUT2D eigenvalue weighted by atomic mass is 16.6. The Bertz CT molecular complexity index is 543. The molecule has 0 saturated carbocycles. The zero-order chi connectivity index (χ0) is 16.4. The molecule has 2 amide bonds. The molecular formula is C17H23NO4. The zero-order valence-corrected chi connectivity index (χ0v) is 13.4. The molecule has 1 aliphatic rings. The van der Waals surface area contributed by atoms with Crippen LogP contribution in [0.4, 0.5) is 4.79 Å². The standard InChI is InChI=1S/C17H23NO4/c1-10(2)14(19)11(3)16(20)18-12(4)15(22-17(18)21)13-8-6-5-7-9-13/h5-12,14-15,19H,1-4H3/t11-,12-,14+,15-/m1/s1. The minimum atomic E-state index is -0.789. The molecule has 0 bridgehead atoms. The van der Waals surface area contributed by atoms with Crippen LogP contribution < -0.4 is 0 Å². The highest BCUT2D eigenvalue weighted by Crippen LogP contribution is 2.33. The van der Waals surface area contributed by atoms with E-state index >= 15 is 0 Å². The van der Waals surface area contributed by atoms with Crippen molar-refractivity contribution < 1.29 is 19.4 Å². The van der Waals surface area contributed by atoms with Crippen LogP contribution in [0, 0.1) is 11.8 Å². The number of ether oxygens (including phenoxy) is 1. The van der Waals surface area contributed by atoms with Crippen molar-refractivity contribution in [2.75, 3.05) is 0 Å². The molecule has 1 fully saturated rings. The normalized spacial score (nSPS) is 24.3. The van der Waals surface area contributed by atoms with Crippen LogP contribution in [0.25, 0.3) is 0 Å². The van der Waals surface area contributed by atoms with E-state index in [0.717, 1.165) is 10.5 Å². The van der Waals surface area contributed by atoms with Gasteiger partial charge in [-0.15, -0.1) is 0 Å². The number of rotatable bonds is 4. The average Bonchev–Trinajstić information content (AvgIpc) is 2.80. The van der Waals surface area contributed by atoms with Crippen LogP contribution in [-0.4, -0.2) is 34.2 Å². The van der Waals surface area contributed by atoms with Crippen molar-refractivity contribution >= 4 is 12.0 Å². The fourth-order valence-corrected chi connectivity index (χ4v) is 2.79. The minimum absolute atomic E-state index is 0.0576. The summed E-state index contributed by atoms with van der Waals surface area (Å²) in [6.07, 6.45) is -1.90. The molecule has 4 atom stereocenters. The molecule has 2 rings (SSSR count). The number of carbonyl (C=O) groups excluding carboxylic acids is 2. The van der Waals surface area contributed by atoms with E-state index in [9.17, 15) is 14.7 Å². The van der Waals surface area contributed by atoms with E-state index in [2.05, 4.69) is 0 Å². The molecule has 5 nitrogen and oxygen atoms in total. The summed E-state index contributed by atoms with van der Waals surface area (Å²) in [5.74, 6) is -1.10. The van der Waals surface area contributed by atoms with Crippen molar-refractivity contribution in [3.05, 3.63) is 35.9 Å². The molecule has 120 valence electrons. The highest BCUT2D eigenvalue weighted by molar-refractivity contribution is 5.95. The second kappa shape index (κ2) is 6.48. The fourth-order valence-electron chi connectivity index (χ4n) is 2.79. The van der Waals surface area contributed by atoms with Crippen LogP contribution in [0.5, 0.6) is 0 Å².